The lowest BCUT2D eigenvalue weighted by Gasteiger charge is -2.32. The molecule has 2 rings (SSSR count). The van der Waals surface area contributed by atoms with Crippen molar-refractivity contribution in [2.24, 2.45) is 4.99 Å². The highest BCUT2D eigenvalue weighted by Gasteiger charge is 2.23. The van der Waals surface area contributed by atoms with E-state index >= 15 is 0 Å². The smallest absolute Gasteiger partial charge is 0.409 e. The maximum Gasteiger partial charge on any atom is 0.409 e. The summed E-state index contributed by atoms with van der Waals surface area (Å²) in [6, 6.07) is 7.71. The molecule has 0 saturated carbocycles. The van der Waals surface area contributed by atoms with E-state index < -0.39 is 0 Å². The predicted octanol–water partition coefficient (Wildman–Crippen LogP) is 1.33. The van der Waals surface area contributed by atoms with E-state index in [1.807, 2.05) is 19.1 Å². The molecule has 1 saturated heterocycles. The zero-order valence-electron chi connectivity index (χ0n) is 16.2. The first-order valence-electron chi connectivity index (χ1n) is 9.27. The number of benzene rings is 1. The number of likely N-dealkylation sites (tertiary alicyclic amines) is 1. The van der Waals surface area contributed by atoms with Gasteiger partial charge in [-0.15, -0.1) is 0 Å². The Kier molecular flexibility index (Phi) is 7.91. The SMILES string of the molecule is CCOC(=O)N1CCC(NC(=NC)NCc2ccc(C(=O)NC)cc2)CC1. The first-order chi connectivity index (χ1) is 13.1. The van der Waals surface area contributed by atoms with Crippen LogP contribution in [0.2, 0.25) is 0 Å². The molecule has 0 aliphatic carbocycles. The number of aliphatic imine (C=N–C) groups is 1. The normalized spacial score (nSPS) is 15.2. The number of nitrogens with one attached hydrogen (secondary N) is 3. The summed E-state index contributed by atoms with van der Waals surface area (Å²) in [5.74, 6) is 0.626. The summed E-state index contributed by atoms with van der Waals surface area (Å²) in [7, 11) is 3.35. The van der Waals surface area contributed by atoms with Gasteiger partial charge in [-0.2, -0.15) is 0 Å². The van der Waals surface area contributed by atoms with Crippen molar-refractivity contribution in [3.8, 4) is 0 Å². The van der Waals surface area contributed by atoms with Crippen LogP contribution in [-0.2, 0) is 11.3 Å². The molecule has 27 heavy (non-hydrogen) atoms. The lowest BCUT2D eigenvalue weighted by atomic mass is 10.1. The highest BCUT2D eigenvalue weighted by Crippen LogP contribution is 2.11. The Bertz CT molecular complexity index is 652. The van der Waals surface area contributed by atoms with Gasteiger partial charge >= 0.3 is 6.09 Å². The van der Waals surface area contributed by atoms with Crippen LogP contribution in [0.5, 0.6) is 0 Å². The van der Waals surface area contributed by atoms with Crippen LogP contribution in [0.4, 0.5) is 4.79 Å². The van der Waals surface area contributed by atoms with Crippen molar-refractivity contribution in [3.63, 3.8) is 0 Å². The minimum atomic E-state index is -0.237. The fourth-order valence-electron chi connectivity index (χ4n) is 2.91. The molecule has 1 fully saturated rings. The average Bonchev–Trinajstić information content (AvgIpc) is 2.71. The van der Waals surface area contributed by atoms with Crippen molar-refractivity contribution in [2.45, 2.75) is 32.4 Å². The summed E-state index contributed by atoms with van der Waals surface area (Å²) in [5, 5.41) is 9.29. The number of piperidine rings is 1. The van der Waals surface area contributed by atoms with E-state index in [0.717, 1.165) is 24.4 Å². The van der Waals surface area contributed by atoms with Gasteiger partial charge in [0.25, 0.3) is 5.91 Å². The van der Waals surface area contributed by atoms with Gasteiger partial charge in [0.15, 0.2) is 5.96 Å². The molecule has 148 valence electrons. The molecule has 3 N–H and O–H groups in total. The van der Waals surface area contributed by atoms with Crippen molar-refractivity contribution < 1.29 is 14.3 Å². The van der Waals surface area contributed by atoms with Crippen molar-refractivity contribution in [1.82, 2.24) is 20.9 Å². The van der Waals surface area contributed by atoms with E-state index in [0.29, 0.717) is 31.8 Å². The largest absolute Gasteiger partial charge is 0.450 e. The molecule has 8 heteroatoms. The lowest BCUT2D eigenvalue weighted by Crippen LogP contribution is -2.49. The molecule has 0 aromatic heterocycles. The Labute approximate surface area is 160 Å². The molecule has 0 atom stereocenters. The van der Waals surface area contributed by atoms with Crippen molar-refractivity contribution in [1.29, 1.82) is 0 Å². The summed E-state index contributed by atoms with van der Waals surface area (Å²) in [6.07, 6.45) is 1.46. The topological polar surface area (TPSA) is 95.1 Å². The van der Waals surface area contributed by atoms with Crippen molar-refractivity contribution in [3.05, 3.63) is 35.4 Å². The molecule has 0 spiro atoms. The molecular weight excluding hydrogens is 346 g/mol. The number of carbonyl (C=O) groups is 2. The van der Waals surface area contributed by atoms with E-state index in [9.17, 15) is 9.59 Å². The van der Waals surface area contributed by atoms with Gasteiger partial charge in [-0.25, -0.2) is 4.79 Å². The highest BCUT2D eigenvalue weighted by molar-refractivity contribution is 5.93. The standard InChI is InChI=1S/C19H29N5O3/c1-4-27-19(26)24-11-9-16(10-12-24)23-18(21-3)22-13-14-5-7-15(8-6-14)17(25)20-2/h5-8,16H,4,9-13H2,1-3H3,(H,20,25)(H2,21,22,23). The Morgan fingerprint density at radius 1 is 1.22 bits per heavy atom. The highest BCUT2D eigenvalue weighted by atomic mass is 16.6. The van der Waals surface area contributed by atoms with E-state index in [-0.39, 0.29) is 18.0 Å². The number of hydrogen-bond acceptors (Lipinski definition) is 4. The number of amides is 2. The average molecular weight is 375 g/mol. The molecule has 1 aromatic carbocycles. The van der Waals surface area contributed by atoms with Crippen molar-refractivity contribution >= 4 is 18.0 Å². The van der Waals surface area contributed by atoms with Crippen LogP contribution in [0, 0.1) is 0 Å². The molecule has 2 amide bonds. The van der Waals surface area contributed by atoms with E-state index in [4.69, 9.17) is 4.74 Å². The molecule has 0 unspecified atom stereocenters. The Morgan fingerprint density at radius 2 is 1.89 bits per heavy atom. The maximum atomic E-state index is 11.8. The number of rotatable bonds is 5. The summed E-state index contributed by atoms with van der Waals surface area (Å²) < 4.78 is 5.04. The van der Waals surface area contributed by atoms with E-state index in [1.165, 1.54) is 0 Å². The second-order valence-corrected chi connectivity index (χ2v) is 6.31. The minimum absolute atomic E-state index is 0.0962. The predicted molar refractivity (Wildman–Crippen MR) is 105 cm³/mol. The van der Waals surface area contributed by atoms with Gasteiger partial charge in [0.05, 0.1) is 6.61 Å². The lowest BCUT2D eigenvalue weighted by molar-refractivity contribution is 0.0955. The second-order valence-electron chi connectivity index (χ2n) is 6.31. The zero-order chi connectivity index (χ0) is 19.6. The second kappa shape index (κ2) is 10.4. The van der Waals surface area contributed by atoms with Gasteiger partial charge in [-0.1, -0.05) is 12.1 Å². The first-order valence-corrected chi connectivity index (χ1v) is 9.27. The number of nitrogens with zero attached hydrogens (tertiary/aromatic N) is 2. The summed E-state index contributed by atoms with van der Waals surface area (Å²) in [5.41, 5.74) is 1.69. The zero-order valence-corrected chi connectivity index (χ0v) is 16.2. The molecule has 8 nitrogen and oxygen atoms in total. The van der Waals surface area contributed by atoms with Gasteiger partial charge in [0.2, 0.25) is 0 Å². The fraction of sp³-hybridized carbons (Fsp3) is 0.526. The Balaban J connectivity index is 1.78. The monoisotopic (exact) mass is 375 g/mol. The summed E-state index contributed by atoms with van der Waals surface area (Å²) in [6.45, 7) is 4.17. The quantitative estimate of drug-likeness (QED) is 0.533. The van der Waals surface area contributed by atoms with Crippen LogP contribution in [0.3, 0.4) is 0 Å². The van der Waals surface area contributed by atoms with E-state index in [1.54, 1.807) is 31.1 Å². The van der Waals surface area contributed by atoms with Gasteiger partial charge in [0.1, 0.15) is 0 Å². The summed E-state index contributed by atoms with van der Waals surface area (Å²) >= 11 is 0. The number of ether oxygens (including phenoxy) is 1. The number of carbonyl (C=O) groups excluding carboxylic acids is 2. The third-order valence-electron chi connectivity index (χ3n) is 4.49. The first kappa shape index (κ1) is 20.5. The molecule has 1 aromatic rings. The minimum Gasteiger partial charge on any atom is -0.450 e. The van der Waals surface area contributed by atoms with Crippen molar-refractivity contribution in [2.75, 3.05) is 33.8 Å². The molecule has 1 aliphatic heterocycles. The van der Waals surface area contributed by atoms with Crippen LogP contribution in [-0.4, -0.2) is 62.7 Å². The molecule has 0 bridgehead atoms. The van der Waals surface area contributed by atoms with Gasteiger partial charge in [0, 0.05) is 45.3 Å². The van der Waals surface area contributed by atoms with Gasteiger partial charge in [-0.3, -0.25) is 9.79 Å². The van der Waals surface area contributed by atoms with Gasteiger partial charge in [-0.05, 0) is 37.5 Å². The van der Waals surface area contributed by atoms with Crippen LogP contribution >= 0.6 is 0 Å². The third-order valence-corrected chi connectivity index (χ3v) is 4.49. The van der Waals surface area contributed by atoms with Crippen LogP contribution < -0.4 is 16.0 Å². The number of hydrogen-bond donors (Lipinski definition) is 3. The number of guanidine groups is 1. The van der Waals surface area contributed by atoms with Gasteiger partial charge < -0.3 is 25.6 Å². The van der Waals surface area contributed by atoms with Crippen LogP contribution in [0.15, 0.2) is 29.3 Å². The third kappa shape index (κ3) is 6.16. The molecule has 0 radical (unpaired) electrons. The van der Waals surface area contributed by atoms with E-state index in [2.05, 4.69) is 20.9 Å². The summed E-state index contributed by atoms with van der Waals surface area (Å²) in [4.78, 5) is 29.3. The van der Waals surface area contributed by atoms with Crippen LogP contribution in [0.25, 0.3) is 0 Å². The maximum absolute atomic E-state index is 11.8. The fourth-order valence-corrected chi connectivity index (χ4v) is 2.91. The molecular formula is C19H29N5O3. The Hall–Kier alpha value is -2.77. The molecule has 1 heterocycles. The Morgan fingerprint density at radius 3 is 2.44 bits per heavy atom. The molecule has 1 aliphatic rings. The van der Waals surface area contributed by atoms with Crippen LogP contribution in [0.1, 0.15) is 35.7 Å².